The highest BCUT2D eigenvalue weighted by atomic mass is 16.5. The van der Waals surface area contributed by atoms with Crippen LogP contribution in [0.1, 0.15) is 26.2 Å². The Labute approximate surface area is 108 Å². The number of morpholine rings is 1. The Morgan fingerprint density at radius 2 is 2.28 bits per heavy atom. The minimum absolute atomic E-state index is 0.0203. The molecule has 2 N–H and O–H groups in total. The fourth-order valence-electron chi connectivity index (χ4n) is 2.50. The van der Waals surface area contributed by atoms with E-state index in [9.17, 15) is 9.90 Å². The van der Waals surface area contributed by atoms with Gasteiger partial charge in [-0.3, -0.25) is 0 Å². The molecule has 2 aliphatic rings. The van der Waals surface area contributed by atoms with Crippen molar-refractivity contribution < 1.29 is 14.6 Å². The molecule has 1 heterocycles. The lowest BCUT2D eigenvalue weighted by molar-refractivity contribution is -0.00475. The lowest BCUT2D eigenvalue weighted by atomic mass is 10.1. The molecule has 5 heteroatoms. The van der Waals surface area contributed by atoms with E-state index in [-0.39, 0.29) is 18.1 Å². The molecular weight excluding hydrogens is 232 g/mol. The molecule has 1 fully saturated rings. The normalized spacial score (nSPS) is 26.3. The van der Waals surface area contributed by atoms with E-state index in [4.69, 9.17) is 4.74 Å². The van der Waals surface area contributed by atoms with Crippen molar-refractivity contribution in [3.05, 3.63) is 12.2 Å². The molecular formula is C13H22N2O3. The van der Waals surface area contributed by atoms with Gasteiger partial charge in [0, 0.05) is 12.6 Å². The molecule has 1 aliphatic heterocycles. The number of nitrogens with zero attached hydrogens (tertiary/aromatic N) is 1. The van der Waals surface area contributed by atoms with Crippen molar-refractivity contribution in [2.45, 2.75) is 44.4 Å². The highest BCUT2D eigenvalue weighted by Gasteiger charge is 2.29. The number of hydrogen-bond acceptors (Lipinski definition) is 3. The minimum Gasteiger partial charge on any atom is -0.393 e. The van der Waals surface area contributed by atoms with Crippen LogP contribution in [0, 0.1) is 0 Å². The summed E-state index contributed by atoms with van der Waals surface area (Å²) in [6, 6.07) is 0.179. The van der Waals surface area contributed by atoms with Gasteiger partial charge in [0.2, 0.25) is 0 Å². The van der Waals surface area contributed by atoms with Gasteiger partial charge >= 0.3 is 6.03 Å². The number of hydrogen-bond donors (Lipinski definition) is 2. The zero-order valence-electron chi connectivity index (χ0n) is 10.8. The van der Waals surface area contributed by atoms with Gasteiger partial charge in [0.05, 0.1) is 25.4 Å². The quantitative estimate of drug-likeness (QED) is 0.735. The van der Waals surface area contributed by atoms with E-state index in [1.165, 1.54) is 0 Å². The maximum absolute atomic E-state index is 12.2. The molecule has 0 saturated carbocycles. The summed E-state index contributed by atoms with van der Waals surface area (Å²) < 4.78 is 5.39. The number of rotatable bonds is 3. The average Bonchev–Trinajstić information content (AvgIpc) is 2.81. The van der Waals surface area contributed by atoms with E-state index in [0.29, 0.717) is 26.2 Å². The molecule has 0 aromatic heterocycles. The molecule has 1 aliphatic carbocycles. The summed E-state index contributed by atoms with van der Waals surface area (Å²) in [5, 5.41) is 12.5. The van der Waals surface area contributed by atoms with Crippen LogP contribution in [0.4, 0.5) is 4.79 Å². The molecule has 0 bridgehead atoms. The summed E-state index contributed by atoms with van der Waals surface area (Å²) >= 11 is 0. The molecule has 5 nitrogen and oxygen atoms in total. The number of carbonyl (C=O) groups excluding carboxylic acids is 1. The Balaban J connectivity index is 1.88. The van der Waals surface area contributed by atoms with E-state index in [2.05, 4.69) is 17.5 Å². The Hall–Kier alpha value is -1.07. The van der Waals surface area contributed by atoms with Crippen LogP contribution >= 0.6 is 0 Å². The number of amides is 2. The summed E-state index contributed by atoms with van der Waals surface area (Å²) in [6.07, 6.45) is 6.17. The van der Waals surface area contributed by atoms with Gasteiger partial charge in [-0.05, 0) is 26.2 Å². The van der Waals surface area contributed by atoms with Gasteiger partial charge in [0.1, 0.15) is 0 Å². The molecule has 0 unspecified atom stereocenters. The summed E-state index contributed by atoms with van der Waals surface area (Å²) in [5.41, 5.74) is 0. The second-order valence-electron chi connectivity index (χ2n) is 5.10. The second kappa shape index (κ2) is 6.20. The smallest absolute Gasteiger partial charge is 0.318 e. The van der Waals surface area contributed by atoms with Gasteiger partial charge in [0.15, 0.2) is 0 Å². The first-order valence-corrected chi connectivity index (χ1v) is 6.64. The third-order valence-electron chi connectivity index (χ3n) is 3.44. The number of nitrogens with one attached hydrogen (secondary N) is 1. The predicted molar refractivity (Wildman–Crippen MR) is 68.3 cm³/mol. The number of aliphatic hydroxyl groups excluding tert-OH is 1. The number of aliphatic hydroxyl groups is 1. The molecule has 2 rings (SSSR count). The SMILES string of the molecule is C[C@H](O)C[C@@H]1COCCN1C(=O)NC1CC=CC1. The monoisotopic (exact) mass is 254 g/mol. The molecule has 0 spiro atoms. The Kier molecular flexibility index (Phi) is 4.60. The van der Waals surface area contributed by atoms with Crippen LogP contribution in [0.5, 0.6) is 0 Å². The first-order valence-electron chi connectivity index (χ1n) is 6.64. The zero-order chi connectivity index (χ0) is 13.0. The third kappa shape index (κ3) is 3.46. The highest BCUT2D eigenvalue weighted by Crippen LogP contribution is 2.15. The maximum Gasteiger partial charge on any atom is 0.318 e. The first-order chi connectivity index (χ1) is 8.66. The summed E-state index contributed by atoms with van der Waals surface area (Å²) in [4.78, 5) is 14.0. The lowest BCUT2D eigenvalue weighted by Gasteiger charge is -2.36. The molecule has 0 radical (unpaired) electrons. The van der Waals surface area contributed by atoms with Crippen LogP contribution in [0.3, 0.4) is 0 Å². The first kappa shape index (κ1) is 13.4. The van der Waals surface area contributed by atoms with Crippen molar-refractivity contribution in [1.29, 1.82) is 0 Å². The van der Waals surface area contributed by atoms with Crippen molar-refractivity contribution >= 4 is 6.03 Å². The van der Waals surface area contributed by atoms with E-state index in [0.717, 1.165) is 12.8 Å². The largest absolute Gasteiger partial charge is 0.393 e. The summed E-state index contributed by atoms with van der Waals surface area (Å²) in [5.74, 6) is 0. The lowest BCUT2D eigenvalue weighted by Crippen LogP contribution is -2.54. The van der Waals surface area contributed by atoms with Gasteiger partial charge in [-0.2, -0.15) is 0 Å². The average molecular weight is 254 g/mol. The summed E-state index contributed by atoms with van der Waals surface area (Å²) in [6.45, 7) is 3.43. The van der Waals surface area contributed by atoms with Crippen molar-refractivity contribution in [2.24, 2.45) is 0 Å². The molecule has 18 heavy (non-hydrogen) atoms. The van der Waals surface area contributed by atoms with Crippen LogP contribution in [0.15, 0.2) is 12.2 Å². The standard InChI is InChI=1S/C13H22N2O3/c1-10(16)8-12-9-18-7-6-15(12)13(17)14-11-4-2-3-5-11/h2-3,10-12,16H,4-9H2,1H3,(H,14,17)/t10-,12+/m0/s1. The fraction of sp³-hybridized carbons (Fsp3) is 0.769. The molecule has 0 aromatic carbocycles. The minimum atomic E-state index is -0.417. The molecule has 102 valence electrons. The molecule has 0 aromatic rings. The molecule has 2 amide bonds. The van der Waals surface area contributed by atoms with Gasteiger partial charge < -0.3 is 20.1 Å². The van der Waals surface area contributed by atoms with Gasteiger partial charge in [-0.1, -0.05) is 12.2 Å². The van der Waals surface area contributed by atoms with Gasteiger partial charge in [0.25, 0.3) is 0 Å². The Morgan fingerprint density at radius 1 is 1.56 bits per heavy atom. The van der Waals surface area contributed by atoms with Crippen LogP contribution in [0.2, 0.25) is 0 Å². The van der Waals surface area contributed by atoms with Crippen molar-refractivity contribution in [2.75, 3.05) is 19.8 Å². The van der Waals surface area contributed by atoms with Gasteiger partial charge in [-0.15, -0.1) is 0 Å². The molecule has 2 atom stereocenters. The highest BCUT2D eigenvalue weighted by molar-refractivity contribution is 5.75. The Bertz CT molecular complexity index is 309. The van der Waals surface area contributed by atoms with Crippen molar-refractivity contribution in [3.8, 4) is 0 Å². The Morgan fingerprint density at radius 3 is 2.94 bits per heavy atom. The van der Waals surface area contributed by atoms with Crippen LogP contribution < -0.4 is 5.32 Å². The second-order valence-corrected chi connectivity index (χ2v) is 5.10. The van der Waals surface area contributed by atoms with E-state index >= 15 is 0 Å². The van der Waals surface area contributed by atoms with E-state index in [1.807, 2.05) is 0 Å². The van der Waals surface area contributed by atoms with Crippen LogP contribution in [-0.4, -0.2) is 54.0 Å². The topological polar surface area (TPSA) is 61.8 Å². The predicted octanol–water partition coefficient (Wildman–Crippen LogP) is 0.886. The summed E-state index contributed by atoms with van der Waals surface area (Å²) in [7, 11) is 0. The third-order valence-corrected chi connectivity index (χ3v) is 3.44. The van der Waals surface area contributed by atoms with E-state index in [1.54, 1.807) is 11.8 Å². The van der Waals surface area contributed by atoms with Crippen molar-refractivity contribution in [3.63, 3.8) is 0 Å². The number of ether oxygens (including phenoxy) is 1. The van der Waals surface area contributed by atoms with E-state index < -0.39 is 6.10 Å². The zero-order valence-corrected chi connectivity index (χ0v) is 10.8. The fourth-order valence-corrected chi connectivity index (χ4v) is 2.50. The van der Waals surface area contributed by atoms with Crippen LogP contribution in [-0.2, 0) is 4.74 Å². The van der Waals surface area contributed by atoms with Crippen LogP contribution in [0.25, 0.3) is 0 Å². The molecule has 1 saturated heterocycles. The number of carbonyl (C=O) groups is 1. The van der Waals surface area contributed by atoms with Gasteiger partial charge in [-0.25, -0.2) is 4.79 Å². The van der Waals surface area contributed by atoms with Crippen molar-refractivity contribution in [1.82, 2.24) is 10.2 Å². The maximum atomic E-state index is 12.2. The number of urea groups is 1.